The molecule has 2 bridgehead atoms. The molecule has 1 N–H and O–H groups in total. The Kier molecular flexibility index (Phi) is 8.89. The second-order valence-electron chi connectivity index (χ2n) is 10.2. The van der Waals surface area contributed by atoms with Gasteiger partial charge in [-0.05, 0) is 42.9 Å². The van der Waals surface area contributed by atoms with Crippen LogP contribution in [-0.4, -0.2) is 27.4 Å². The van der Waals surface area contributed by atoms with Gasteiger partial charge in [-0.15, -0.1) is 0 Å². The van der Waals surface area contributed by atoms with E-state index in [0.717, 1.165) is 19.3 Å². The number of alkyl halides is 2. The number of imide groups is 1. The van der Waals surface area contributed by atoms with E-state index in [4.69, 9.17) is 0 Å². The highest BCUT2D eigenvalue weighted by Crippen LogP contribution is 2.60. The standard InChI is InChI=1S/C27H36Br2N2O3/c1-2-3-4-5-6-7-8-9-10-14-21(32)30-17-12-11-13-18(15-17)31-26(33)22-19-16-20(23(22)27(31)34)25(29)24(19)28/h11-13,15,19-20,22-25H,2-10,14,16H2,1H3,(H,30,32)/t19-,20-,22-,23+,24+,25+/m1/s1. The molecule has 186 valence electrons. The van der Waals surface area contributed by atoms with Gasteiger partial charge in [-0.2, -0.15) is 0 Å². The summed E-state index contributed by atoms with van der Waals surface area (Å²) in [6.45, 7) is 2.23. The van der Waals surface area contributed by atoms with Gasteiger partial charge in [-0.3, -0.25) is 14.4 Å². The van der Waals surface area contributed by atoms with Crippen LogP contribution in [0.3, 0.4) is 0 Å². The summed E-state index contributed by atoms with van der Waals surface area (Å²) in [5.41, 5.74) is 1.19. The van der Waals surface area contributed by atoms with E-state index in [1.54, 1.807) is 18.2 Å². The number of unbranched alkanes of at least 4 members (excludes halogenated alkanes) is 8. The second-order valence-corrected chi connectivity index (χ2v) is 12.3. The predicted molar refractivity (Wildman–Crippen MR) is 143 cm³/mol. The number of nitrogens with zero attached hydrogens (tertiary/aromatic N) is 1. The van der Waals surface area contributed by atoms with Gasteiger partial charge in [-0.1, -0.05) is 96.2 Å². The van der Waals surface area contributed by atoms with Gasteiger partial charge in [0.2, 0.25) is 17.7 Å². The average molecular weight is 596 g/mol. The summed E-state index contributed by atoms with van der Waals surface area (Å²) >= 11 is 7.46. The Morgan fingerprint density at radius 1 is 0.912 bits per heavy atom. The Balaban J connectivity index is 1.26. The Morgan fingerprint density at radius 3 is 2.06 bits per heavy atom. The molecule has 2 aliphatic carbocycles. The fourth-order valence-corrected chi connectivity index (χ4v) is 8.02. The maximum absolute atomic E-state index is 13.3. The van der Waals surface area contributed by atoms with Crippen molar-refractivity contribution in [3.05, 3.63) is 24.3 Å². The van der Waals surface area contributed by atoms with Crippen LogP contribution in [0.5, 0.6) is 0 Å². The number of anilines is 2. The zero-order valence-electron chi connectivity index (χ0n) is 20.0. The third kappa shape index (κ3) is 5.30. The first-order valence-corrected chi connectivity index (χ1v) is 14.8. The van der Waals surface area contributed by atoms with Crippen LogP contribution >= 0.6 is 31.9 Å². The normalized spacial score (nSPS) is 29.7. The van der Waals surface area contributed by atoms with Crippen molar-refractivity contribution in [3.8, 4) is 0 Å². The van der Waals surface area contributed by atoms with E-state index in [0.29, 0.717) is 17.8 Å². The van der Waals surface area contributed by atoms with E-state index in [1.807, 2.05) is 6.07 Å². The van der Waals surface area contributed by atoms with Crippen molar-refractivity contribution in [1.82, 2.24) is 0 Å². The Morgan fingerprint density at radius 2 is 1.47 bits per heavy atom. The molecule has 3 fully saturated rings. The summed E-state index contributed by atoms with van der Waals surface area (Å²) in [5.74, 6) is -0.284. The van der Waals surface area contributed by atoms with E-state index < -0.39 is 0 Å². The van der Waals surface area contributed by atoms with Gasteiger partial charge in [0.15, 0.2) is 0 Å². The molecule has 1 aromatic rings. The van der Waals surface area contributed by atoms with Gasteiger partial charge >= 0.3 is 0 Å². The molecule has 1 heterocycles. The minimum absolute atomic E-state index is 0.0154. The van der Waals surface area contributed by atoms with Crippen LogP contribution in [0.2, 0.25) is 0 Å². The SMILES string of the molecule is CCCCCCCCCCCC(=O)Nc1cccc(N2C(=O)[C@@H]3[C@H]4C[C@@H]([C@H](Br)[C@H]4Br)[C@@H]3C2=O)c1. The fraction of sp³-hybridized carbons (Fsp3) is 0.667. The lowest BCUT2D eigenvalue weighted by Gasteiger charge is -2.28. The van der Waals surface area contributed by atoms with Gasteiger partial charge in [0.25, 0.3) is 0 Å². The van der Waals surface area contributed by atoms with Crippen LogP contribution in [0.15, 0.2) is 24.3 Å². The van der Waals surface area contributed by atoms with Crippen molar-refractivity contribution >= 4 is 61.0 Å². The molecule has 0 spiro atoms. The lowest BCUT2D eigenvalue weighted by Crippen LogP contribution is -2.37. The third-order valence-corrected chi connectivity index (χ3v) is 11.1. The molecule has 1 aromatic carbocycles. The maximum atomic E-state index is 13.3. The van der Waals surface area contributed by atoms with Crippen LogP contribution in [0.25, 0.3) is 0 Å². The van der Waals surface area contributed by atoms with Crippen LogP contribution in [0.4, 0.5) is 11.4 Å². The van der Waals surface area contributed by atoms with Crippen molar-refractivity contribution in [1.29, 1.82) is 0 Å². The van der Waals surface area contributed by atoms with Crippen LogP contribution < -0.4 is 10.2 Å². The number of hydrogen-bond donors (Lipinski definition) is 1. The highest BCUT2D eigenvalue weighted by Gasteiger charge is 2.66. The van der Waals surface area contributed by atoms with Gasteiger partial charge in [0.05, 0.1) is 17.5 Å². The Labute approximate surface area is 220 Å². The van der Waals surface area contributed by atoms with E-state index in [1.165, 1.54) is 49.8 Å². The van der Waals surface area contributed by atoms with Crippen molar-refractivity contribution < 1.29 is 14.4 Å². The van der Waals surface area contributed by atoms with Crippen molar-refractivity contribution in [2.75, 3.05) is 10.2 Å². The maximum Gasteiger partial charge on any atom is 0.238 e. The molecule has 7 heteroatoms. The number of hydrogen-bond acceptors (Lipinski definition) is 3. The molecular formula is C27H36Br2N2O3. The smallest absolute Gasteiger partial charge is 0.238 e. The topological polar surface area (TPSA) is 66.5 Å². The molecule has 3 aliphatic rings. The van der Waals surface area contributed by atoms with Crippen LogP contribution in [0, 0.1) is 23.7 Å². The highest BCUT2D eigenvalue weighted by atomic mass is 79.9. The number of nitrogens with one attached hydrogen (secondary N) is 1. The van der Waals surface area contributed by atoms with Crippen LogP contribution in [-0.2, 0) is 14.4 Å². The molecule has 4 rings (SSSR count). The van der Waals surface area contributed by atoms with Gasteiger partial charge < -0.3 is 5.32 Å². The molecule has 1 saturated heterocycles. The molecule has 5 nitrogen and oxygen atoms in total. The number of rotatable bonds is 12. The van der Waals surface area contributed by atoms with E-state index >= 15 is 0 Å². The van der Waals surface area contributed by atoms with Gasteiger partial charge in [0.1, 0.15) is 0 Å². The largest absolute Gasteiger partial charge is 0.326 e. The zero-order valence-corrected chi connectivity index (χ0v) is 23.2. The predicted octanol–water partition coefficient (Wildman–Crippen LogP) is 6.83. The van der Waals surface area contributed by atoms with Crippen molar-refractivity contribution in [3.63, 3.8) is 0 Å². The summed E-state index contributed by atoms with van der Waals surface area (Å²) in [4.78, 5) is 40.8. The van der Waals surface area contributed by atoms with Crippen molar-refractivity contribution in [2.45, 2.75) is 87.2 Å². The Bertz CT molecular complexity index is 876. The molecule has 6 atom stereocenters. The molecule has 0 unspecified atom stereocenters. The van der Waals surface area contributed by atoms with Crippen molar-refractivity contribution in [2.24, 2.45) is 23.7 Å². The average Bonchev–Trinajstić information content (AvgIpc) is 3.43. The van der Waals surface area contributed by atoms with Crippen LogP contribution in [0.1, 0.15) is 77.6 Å². The third-order valence-electron chi connectivity index (χ3n) is 7.88. The molecule has 2 saturated carbocycles. The van der Waals surface area contributed by atoms with E-state index in [-0.39, 0.29) is 51.0 Å². The lowest BCUT2D eigenvalue weighted by molar-refractivity contribution is -0.123. The van der Waals surface area contributed by atoms with E-state index in [9.17, 15) is 14.4 Å². The quantitative estimate of drug-likeness (QED) is 0.164. The minimum Gasteiger partial charge on any atom is -0.326 e. The first kappa shape index (κ1) is 25.9. The molecule has 0 aromatic heterocycles. The summed E-state index contributed by atoms with van der Waals surface area (Å²) in [7, 11) is 0. The molecule has 34 heavy (non-hydrogen) atoms. The molecular weight excluding hydrogens is 560 g/mol. The van der Waals surface area contributed by atoms with E-state index in [2.05, 4.69) is 44.1 Å². The molecule has 1 aliphatic heterocycles. The van der Waals surface area contributed by atoms with Gasteiger partial charge in [-0.25, -0.2) is 4.90 Å². The number of amides is 3. The molecule has 0 radical (unpaired) electrons. The summed E-state index contributed by atoms with van der Waals surface area (Å²) in [6, 6.07) is 7.15. The Hall–Kier alpha value is -1.21. The summed E-state index contributed by atoms with van der Waals surface area (Å²) in [5, 5.41) is 2.95. The summed E-state index contributed by atoms with van der Waals surface area (Å²) in [6.07, 6.45) is 12.4. The highest BCUT2D eigenvalue weighted by molar-refractivity contribution is 9.12. The zero-order chi connectivity index (χ0) is 24.2. The lowest BCUT2D eigenvalue weighted by atomic mass is 9.81. The molecule has 3 amide bonds. The minimum atomic E-state index is -0.236. The summed E-state index contributed by atoms with van der Waals surface area (Å²) < 4.78 is 0. The monoisotopic (exact) mass is 594 g/mol. The van der Waals surface area contributed by atoms with Gasteiger partial charge in [0, 0.05) is 21.8 Å². The number of carbonyl (C=O) groups is 3. The number of benzene rings is 1. The number of halogens is 2. The first-order chi connectivity index (χ1) is 16.4. The second kappa shape index (κ2) is 11.7. The fourth-order valence-electron chi connectivity index (χ4n) is 6.15. The number of fused-ring (bicyclic) bond motifs is 5. The number of carbonyl (C=O) groups excluding carboxylic acids is 3. The first-order valence-electron chi connectivity index (χ1n) is 13.0.